The molecule has 0 saturated carbocycles. The monoisotopic (exact) mass is 505 g/mol. The van der Waals surface area contributed by atoms with Gasteiger partial charge in [0.2, 0.25) is 0 Å². The molecular weight excluding hydrogens is 477 g/mol. The van der Waals surface area contributed by atoms with Crippen LogP contribution in [0.3, 0.4) is 0 Å². The molecule has 1 aromatic heterocycles. The highest BCUT2D eigenvalue weighted by atomic mass is 35.5. The van der Waals surface area contributed by atoms with Gasteiger partial charge in [0.05, 0.1) is 0 Å². The summed E-state index contributed by atoms with van der Waals surface area (Å²) in [6.07, 6.45) is 2.55. The van der Waals surface area contributed by atoms with E-state index in [0.29, 0.717) is 41.8 Å². The van der Waals surface area contributed by atoms with Gasteiger partial charge >= 0.3 is 12.0 Å². The fourth-order valence-corrected chi connectivity index (χ4v) is 4.36. The number of carbonyl (C=O) groups is 2. The zero-order chi connectivity index (χ0) is 25.0. The predicted octanol–water partition coefficient (Wildman–Crippen LogP) is 5.45. The van der Waals surface area contributed by atoms with Crippen LogP contribution in [0.5, 0.6) is 5.75 Å². The quantitative estimate of drug-likeness (QED) is 0.382. The number of urea groups is 1. The van der Waals surface area contributed by atoms with Crippen molar-refractivity contribution in [3.63, 3.8) is 0 Å². The topological polar surface area (TPSA) is 97.8 Å². The van der Waals surface area contributed by atoms with Gasteiger partial charge in [0.15, 0.2) is 5.60 Å². The second-order valence-corrected chi connectivity index (χ2v) is 9.76. The lowest BCUT2D eigenvalue weighted by Crippen LogP contribution is -2.41. The molecule has 3 aromatic rings. The van der Waals surface area contributed by atoms with Crippen LogP contribution >= 0.6 is 23.2 Å². The molecule has 0 fully saturated rings. The van der Waals surface area contributed by atoms with Crippen molar-refractivity contribution < 1.29 is 19.4 Å². The van der Waals surface area contributed by atoms with Crippen LogP contribution in [0.2, 0.25) is 10.0 Å². The standard InChI is InChI=1S/C25H29Cl2N3O4/c1-16(13-19-20(26)5-4-6-21(19)27)15-30(24(28)33)12-11-29-10-9-17-14-18(7-8-22(17)29)34-25(2,3)23(31)32/h4-10,14,16H,11-13,15H2,1-3H3,(H2,28,33)(H,31,32). The van der Waals surface area contributed by atoms with Gasteiger partial charge in [-0.1, -0.05) is 36.2 Å². The SMILES string of the molecule is CC(Cc1c(Cl)cccc1Cl)CN(CCn1ccc2cc(OC(C)(C)C(=O)O)ccc21)C(N)=O. The van der Waals surface area contributed by atoms with Crippen molar-refractivity contribution in [3.8, 4) is 5.75 Å². The molecule has 3 rings (SSSR count). The third kappa shape index (κ3) is 6.15. The molecule has 0 bridgehead atoms. The van der Waals surface area contributed by atoms with E-state index in [2.05, 4.69) is 0 Å². The first-order chi connectivity index (χ1) is 16.0. The summed E-state index contributed by atoms with van der Waals surface area (Å²) in [7, 11) is 0. The molecular formula is C25H29Cl2N3O4. The van der Waals surface area contributed by atoms with Crippen LogP contribution in [0.25, 0.3) is 10.9 Å². The van der Waals surface area contributed by atoms with Crippen LogP contribution in [-0.2, 0) is 17.8 Å². The van der Waals surface area contributed by atoms with E-state index in [9.17, 15) is 14.7 Å². The Balaban J connectivity index is 1.66. The fourth-order valence-electron chi connectivity index (χ4n) is 3.81. The molecule has 1 atom stereocenters. The van der Waals surface area contributed by atoms with Gasteiger partial charge in [0.25, 0.3) is 0 Å². The molecule has 1 heterocycles. The number of benzene rings is 2. The van der Waals surface area contributed by atoms with Crippen LogP contribution in [0.4, 0.5) is 4.79 Å². The Morgan fingerprint density at radius 3 is 2.47 bits per heavy atom. The van der Waals surface area contributed by atoms with Crippen molar-refractivity contribution in [1.29, 1.82) is 0 Å². The first-order valence-electron chi connectivity index (χ1n) is 11.0. The summed E-state index contributed by atoms with van der Waals surface area (Å²) >= 11 is 12.6. The largest absolute Gasteiger partial charge is 0.478 e. The summed E-state index contributed by atoms with van der Waals surface area (Å²) in [5, 5.41) is 11.4. The zero-order valence-corrected chi connectivity index (χ0v) is 20.9. The molecule has 34 heavy (non-hydrogen) atoms. The Bertz CT molecular complexity index is 1170. The highest BCUT2D eigenvalue weighted by Gasteiger charge is 2.29. The molecule has 1 unspecified atom stereocenters. The predicted molar refractivity (Wildman–Crippen MR) is 135 cm³/mol. The minimum atomic E-state index is -1.33. The van der Waals surface area contributed by atoms with Crippen molar-refractivity contribution in [3.05, 3.63) is 64.3 Å². The summed E-state index contributed by atoms with van der Waals surface area (Å²) in [5.74, 6) is -0.463. The summed E-state index contributed by atoms with van der Waals surface area (Å²) in [6.45, 7) is 6.49. The number of carboxylic acid groups (broad SMARTS) is 1. The van der Waals surface area contributed by atoms with E-state index in [1.165, 1.54) is 13.8 Å². The lowest BCUT2D eigenvalue weighted by molar-refractivity contribution is -0.152. The Labute approximate surface area is 209 Å². The third-order valence-corrected chi connectivity index (χ3v) is 6.41. The molecule has 2 amide bonds. The van der Waals surface area contributed by atoms with E-state index in [1.54, 1.807) is 35.2 Å². The minimum Gasteiger partial charge on any atom is -0.478 e. The molecule has 0 aliphatic heterocycles. The summed E-state index contributed by atoms with van der Waals surface area (Å²) in [4.78, 5) is 25.0. The average molecular weight is 506 g/mol. The highest BCUT2D eigenvalue weighted by Crippen LogP contribution is 2.28. The first kappa shape index (κ1) is 25.7. The number of carbonyl (C=O) groups excluding carboxylic acids is 1. The number of hydrogen-bond acceptors (Lipinski definition) is 3. The molecule has 0 radical (unpaired) electrons. The Morgan fingerprint density at radius 2 is 1.85 bits per heavy atom. The van der Waals surface area contributed by atoms with Crippen LogP contribution in [0, 0.1) is 5.92 Å². The molecule has 2 aromatic carbocycles. The first-order valence-corrected chi connectivity index (χ1v) is 11.7. The number of primary amides is 1. The van der Waals surface area contributed by atoms with Crippen molar-refractivity contribution in [1.82, 2.24) is 9.47 Å². The number of aliphatic carboxylic acids is 1. The number of halogens is 2. The zero-order valence-electron chi connectivity index (χ0n) is 19.4. The number of fused-ring (bicyclic) bond motifs is 1. The fraction of sp³-hybridized carbons (Fsp3) is 0.360. The van der Waals surface area contributed by atoms with Crippen LogP contribution in [0.1, 0.15) is 26.3 Å². The second-order valence-electron chi connectivity index (χ2n) is 8.94. The van der Waals surface area contributed by atoms with Crippen LogP contribution < -0.4 is 10.5 Å². The minimum absolute atomic E-state index is 0.101. The van der Waals surface area contributed by atoms with Gasteiger partial charge in [-0.2, -0.15) is 0 Å². The lowest BCUT2D eigenvalue weighted by Gasteiger charge is -2.25. The normalized spacial score (nSPS) is 12.5. The van der Waals surface area contributed by atoms with Crippen LogP contribution in [0.15, 0.2) is 48.7 Å². The van der Waals surface area contributed by atoms with Crippen LogP contribution in [-0.4, -0.2) is 45.3 Å². The molecule has 0 aliphatic carbocycles. The molecule has 0 spiro atoms. The van der Waals surface area contributed by atoms with Crippen molar-refractivity contribution >= 4 is 46.1 Å². The van der Waals surface area contributed by atoms with E-state index in [-0.39, 0.29) is 5.92 Å². The van der Waals surface area contributed by atoms with Gasteiger partial charge < -0.3 is 25.0 Å². The molecule has 0 saturated heterocycles. The van der Waals surface area contributed by atoms with Gasteiger partial charge in [0.1, 0.15) is 5.75 Å². The number of carboxylic acids is 1. The molecule has 7 nitrogen and oxygen atoms in total. The van der Waals surface area contributed by atoms with Gasteiger partial charge in [-0.05, 0) is 68.1 Å². The van der Waals surface area contributed by atoms with Gasteiger partial charge in [-0.25, -0.2) is 9.59 Å². The maximum absolute atomic E-state index is 12.1. The molecule has 3 N–H and O–H groups in total. The Hall–Kier alpha value is -2.90. The van der Waals surface area contributed by atoms with Gasteiger partial charge in [-0.3, -0.25) is 0 Å². The van der Waals surface area contributed by atoms with Gasteiger partial charge in [-0.15, -0.1) is 0 Å². The Kier molecular flexibility index (Phi) is 8.00. The number of aromatic nitrogens is 1. The number of rotatable bonds is 10. The number of amides is 2. The number of hydrogen-bond donors (Lipinski definition) is 2. The van der Waals surface area contributed by atoms with Crippen molar-refractivity contribution in [2.24, 2.45) is 11.7 Å². The third-order valence-electron chi connectivity index (χ3n) is 5.70. The number of nitrogens with zero attached hydrogens (tertiary/aromatic N) is 2. The van der Waals surface area contributed by atoms with E-state index < -0.39 is 17.6 Å². The van der Waals surface area contributed by atoms with E-state index >= 15 is 0 Å². The Morgan fingerprint density at radius 1 is 1.18 bits per heavy atom. The number of ether oxygens (including phenoxy) is 1. The highest BCUT2D eigenvalue weighted by molar-refractivity contribution is 6.36. The van der Waals surface area contributed by atoms with E-state index in [0.717, 1.165) is 16.5 Å². The summed E-state index contributed by atoms with van der Waals surface area (Å²) in [6, 6.07) is 12.3. The molecule has 182 valence electrons. The smallest absolute Gasteiger partial charge is 0.347 e. The summed E-state index contributed by atoms with van der Waals surface area (Å²) < 4.78 is 7.64. The molecule has 0 aliphatic rings. The van der Waals surface area contributed by atoms with Gasteiger partial charge in [0, 0.05) is 46.8 Å². The maximum atomic E-state index is 12.1. The number of nitrogens with two attached hydrogens (primary N) is 1. The lowest BCUT2D eigenvalue weighted by atomic mass is 10.0. The maximum Gasteiger partial charge on any atom is 0.347 e. The second kappa shape index (κ2) is 10.6. The van der Waals surface area contributed by atoms with E-state index in [4.69, 9.17) is 33.7 Å². The molecule has 9 heteroatoms. The van der Waals surface area contributed by atoms with E-state index in [1.807, 2.05) is 29.8 Å². The van der Waals surface area contributed by atoms with Crippen molar-refractivity contribution in [2.75, 3.05) is 13.1 Å². The summed E-state index contributed by atoms with van der Waals surface area (Å²) in [5.41, 5.74) is 6.13. The van der Waals surface area contributed by atoms with Crippen molar-refractivity contribution in [2.45, 2.75) is 39.3 Å². The average Bonchev–Trinajstić information content (AvgIpc) is 3.15.